The van der Waals surface area contributed by atoms with E-state index in [9.17, 15) is 9.36 Å². The third kappa shape index (κ3) is 2.96. The number of carbonyl (C=O) groups is 1. The van der Waals surface area contributed by atoms with E-state index in [1.54, 1.807) is 6.07 Å². The van der Waals surface area contributed by atoms with Gasteiger partial charge in [0.05, 0.1) is 5.56 Å². The zero-order valence-electron chi connectivity index (χ0n) is 7.38. The van der Waals surface area contributed by atoms with Gasteiger partial charge in [-0.15, -0.1) is 0 Å². The average Bonchev–Trinajstić information content (AvgIpc) is 2.01. The Morgan fingerprint density at radius 1 is 1.36 bits per heavy atom. The van der Waals surface area contributed by atoms with Crippen molar-refractivity contribution in [2.45, 2.75) is 6.92 Å². The molecule has 6 heteroatoms. The van der Waals surface area contributed by atoms with Gasteiger partial charge < -0.3 is 4.52 Å². The van der Waals surface area contributed by atoms with Crippen LogP contribution in [-0.2, 0) is 4.57 Å². The lowest BCUT2D eigenvalue weighted by Crippen LogP contribution is -1.98. The minimum Gasteiger partial charge on any atom is -0.403 e. The van der Waals surface area contributed by atoms with Crippen molar-refractivity contribution in [1.29, 1.82) is 0 Å². The number of Topliss-reactive ketones (excluding diaryl/α,β-unsaturated/α-hetero) is 1. The molecule has 1 aromatic carbocycles. The van der Waals surface area contributed by atoms with Gasteiger partial charge >= 0.3 is 7.82 Å². The fourth-order valence-electron chi connectivity index (χ4n) is 0.965. The maximum Gasteiger partial charge on any atom is 0.524 e. The number of phosphoric acid groups is 1. The van der Waals surface area contributed by atoms with E-state index in [1.165, 1.54) is 25.1 Å². The molecule has 0 spiro atoms. The summed E-state index contributed by atoms with van der Waals surface area (Å²) >= 11 is 0. The predicted octanol–water partition coefficient (Wildman–Crippen LogP) is 1.36. The first-order valence-electron chi connectivity index (χ1n) is 3.75. The van der Waals surface area contributed by atoms with Gasteiger partial charge in [0, 0.05) is 0 Å². The quantitative estimate of drug-likeness (QED) is 0.588. The zero-order chi connectivity index (χ0) is 10.8. The lowest BCUT2D eigenvalue weighted by atomic mass is 10.1. The maximum atomic E-state index is 11.0. The number of para-hydroxylation sites is 1. The Balaban J connectivity index is 3.08. The number of ketones is 1. The monoisotopic (exact) mass is 216 g/mol. The normalized spacial score (nSPS) is 11.1. The second kappa shape index (κ2) is 3.92. The molecular weight excluding hydrogens is 207 g/mol. The van der Waals surface area contributed by atoms with E-state index >= 15 is 0 Å². The van der Waals surface area contributed by atoms with Gasteiger partial charge in [0.2, 0.25) is 0 Å². The molecule has 0 radical (unpaired) electrons. The van der Waals surface area contributed by atoms with Crippen molar-refractivity contribution in [1.82, 2.24) is 0 Å². The molecule has 5 nitrogen and oxygen atoms in total. The molecule has 14 heavy (non-hydrogen) atoms. The highest BCUT2D eigenvalue weighted by Gasteiger charge is 2.19. The van der Waals surface area contributed by atoms with Gasteiger partial charge in [0.25, 0.3) is 0 Å². The van der Waals surface area contributed by atoms with Crippen LogP contribution in [0.15, 0.2) is 24.3 Å². The number of benzene rings is 1. The second-order valence-electron chi connectivity index (χ2n) is 2.63. The van der Waals surface area contributed by atoms with E-state index in [2.05, 4.69) is 4.52 Å². The fourth-order valence-corrected chi connectivity index (χ4v) is 1.38. The van der Waals surface area contributed by atoms with Gasteiger partial charge in [0.15, 0.2) is 5.78 Å². The number of carbonyl (C=O) groups excluding carboxylic acids is 1. The molecule has 0 heterocycles. The molecule has 0 aliphatic heterocycles. The van der Waals surface area contributed by atoms with E-state index < -0.39 is 7.82 Å². The molecule has 0 aliphatic rings. The molecule has 0 aromatic heterocycles. The van der Waals surface area contributed by atoms with Crippen LogP contribution >= 0.6 is 7.82 Å². The topological polar surface area (TPSA) is 83.8 Å². The Morgan fingerprint density at radius 3 is 2.43 bits per heavy atom. The van der Waals surface area contributed by atoms with E-state index in [4.69, 9.17) is 9.79 Å². The molecule has 76 valence electrons. The summed E-state index contributed by atoms with van der Waals surface area (Å²) in [7, 11) is -4.61. The molecule has 0 aliphatic carbocycles. The molecular formula is C8H9O5P. The first kappa shape index (κ1) is 10.9. The highest BCUT2D eigenvalue weighted by Crippen LogP contribution is 2.38. The van der Waals surface area contributed by atoms with Crippen molar-refractivity contribution in [3.8, 4) is 5.75 Å². The average molecular weight is 216 g/mol. The van der Waals surface area contributed by atoms with Crippen LogP contribution in [-0.4, -0.2) is 15.6 Å². The predicted molar refractivity (Wildman–Crippen MR) is 49.1 cm³/mol. The van der Waals surface area contributed by atoms with Crippen molar-refractivity contribution in [2.75, 3.05) is 0 Å². The van der Waals surface area contributed by atoms with Crippen molar-refractivity contribution in [2.24, 2.45) is 0 Å². The van der Waals surface area contributed by atoms with Crippen LogP contribution in [0.25, 0.3) is 0 Å². The molecule has 0 unspecified atom stereocenters. The maximum absolute atomic E-state index is 11.0. The zero-order valence-corrected chi connectivity index (χ0v) is 8.27. The Morgan fingerprint density at radius 2 is 1.93 bits per heavy atom. The van der Waals surface area contributed by atoms with E-state index in [1.807, 2.05) is 0 Å². The van der Waals surface area contributed by atoms with Crippen molar-refractivity contribution in [3.05, 3.63) is 29.8 Å². The molecule has 0 fully saturated rings. The second-order valence-corrected chi connectivity index (χ2v) is 3.80. The summed E-state index contributed by atoms with van der Waals surface area (Å²) in [5.41, 5.74) is 0.149. The van der Waals surface area contributed by atoms with Crippen LogP contribution in [0.2, 0.25) is 0 Å². The van der Waals surface area contributed by atoms with Gasteiger partial charge in [-0.25, -0.2) is 4.57 Å². The summed E-state index contributed by atoms with van der Waals surface area (Å²) in [5.74, 6) is -0.414. The summed E-state index contributed by atoms with van der Waals surface area (Å²) < 4.78 is 14.9. The summed E-state index contributed by atoms with van der Waals surface area (Å²) in [6, 6.07) is 5.88. The smallest absolute Gasteiger partial charge is 0.403 e. The Hall–Kier alpha value is -1.16. The molecule has 0 amide bonds. The van der Waals surface area contributed by atoms with Crippen molar-refractivity contribution < 1.29 is 23.7 Å². The van der Waals surface area contributed by atoms with Gasteiger partial charge in [-0.05, 0) is 19.1 Å². The van der Waals surface area contributed by atoms with E-state index in [-0.39, 0.29) is 17.1 Å². The van der Waals surface area contributed by atoms with Crippen LogP contribution in [0.1, 0.15) is 17.3 Å². The van der Waals surface area contributed by atoms with Gasteiger partial charge in [-0.1, -0.05) is 12.1 Å². The lowest BCUT2D eigenvalue weighted by Gasteiger charge is -2.09. The molecule has 0 bridgehead atoms. The summed E-state index contributed by atoms with van der Waals surface area (Å²) in [4.78, 5) is 28.1. The fraction of sp³-hybridized carbons (Fsp3) is 0.125. The van der Waals surface area contributed by atoms with Crippen molar-refractivity contribution >= 4 is 13.6 Å². The number of rotatable bonds is 3. The summed E-state index contributed by atoms with van der Waals surface area (Å²) in [6.45, 7) is 1.29. The standard InChI is InChI=1S/C8H9O5P/c1-6(9)7-4-2-3-5-8(7)13-14(10,11)12/h2-5H,1H3,(H2,10,11,12). The molecule has 0 saturated carbocycles. The molecule has 2 N–H and O–H groups in total. The SMILES string of the molecule is CC(=O)c1ccccc1OP(=O)(O)O. The van der Waals surface area contributed by atoms with Crippen molar-refractivity contribution in [3.63, 3.8) is 0 Å². The van der Waals surface area contributed by atoms with Crippen LogP contribution in [0.5, 0.6) is 5.75 Å². The van der Waals surface area contributed by atoms with Gasteiger partial charge in [-0.3, -0.25) is 14.6 Å². The summed E-state index contributed by atoms with van der Waals surface area (Å²) in [5, 5.41) is 0. The molecule has 0 atom stereocenters. The van der Waals surface area contributed by atoms with Gasteiger partial charge in [0.1, 0.15) is 5.75 Å². The largest absolute Gasteiger partial charge is 0.524 e. The Labute approximate surface area is 80.6 Å². The van der Waals surface area contributed by atoms with Crippen LogP contribution in [0, 0.1) is 0 Å². The summed E-state index contributed by atoms with van der Waals surface area (Å²) in [6.07, 6.45) is 0. The molecule has 1 aromatic rings. The highest BCUT2D eigenvalue weighted by atomic mass is 31.2. The Bertz CT molecular complexity index is 394. The number of hydrogen-bond acceptors (Lipinski definition) is 3. The number of hydrogen-bond donors (Lipinski definition) is 2. The Kier molecular flexibility index (Phi) is 3.06. The van der Waals surface area contributed by atoms with E-state index in [0.717, 1.165) is 0 Å². The highest BCUT2D eigenvalue weighted by molar-refractivity contribution is 7.46. The third-order valence-corrected chi connectivity index (χ3v) is 1.92. The first-order valence-corrected chi connectivity index (χ1v) is 5.28. The lowest BCUT2D eigenvalue weighted by molar-refractivity contribution is 0.101. The molecule has 0 saturated heterocycles. The van der Waals surface area contributed by atoms with Crippen LogP contribution < -0.4 is 4.52 Å². The molecule has 1 rings (SSSR count). The van der Waals surface area contributed by atoms with E-state index in [0.29, 0.717) is 0 Å². The minimum atomic E-state index is -4.61. The number of phosphoric ester groups is 1. The van der Waals surface area contributed by atoms with Crippen LogP contribution in [0.3, 0.4) is 0 Å². The minimum absolute atomic E-state index is 0.103. The van der Waals surface area contributed by atoms with Gasteiger partial charge in [-0.2, -0.15) is 0 Å². The first-order chi connectivity index (χ1) is 6.40. The van der Waals surface area contributed by atoms with Crippen LogP contribution in [0.4, 0.5) is 0 Å². The third-order valence-electron chi connectivity index (χ3n) is 1.48.